The van der Waals surface area contributed by atoms with E-state index < -0.39 is 34.6 Å². The van der Waals surface area contributed by atoms with Crippen molar-refractivity contribution in [1.82, 2.24) is 24.6 Å². The third-order valence-corrected chi connectivity index (χ3v) is 8.89. The van der Waals surface area contributed by atoms with Gasteiger partial charge >= 0.3 is 11.1 Å². The molecule has 37 heavy (non-hydrogen) atoms. The van der Waals surface area contributed by atoms with Gasteiger partial charge in [0.2, 0.25) is 29.1 Å². The second kappa shape index (κ2) is 10.4. The Kier molecular flexibility index (Phi) is 7.46. The van der Waals surface area contributed by atoms with E-state index in [1.165, 1.54) is 22.7 Å². The van der Waals surface area contributed by atoms with E-state index in [9.17, 15) is 19.5 Å². The molecule has 2 aromatic heterocycles. The fourth-order valence-corrected chi connectivity index (χ4v) is 6.83. The molecule has 0 spiro atoms. The van der Waals surface area contributed by atoms with E-state index in [0.29, 0.717) is 0 Å². The molecule has 2 saturated heterocycles. The zero-order chi connectivity index (χ0) is 26.9. The average Bonchev–Trinajstić information content (AvgIpc) is 3.29. The summed E-state index contributed by atoms with van der Waals surface area (Å²) in [5, 5.41) is 16.4. The highest BCUT2D eigenvalue weighted by atomic mass is 32.2. The van der Waals surface area contributed by atoms with E-state index in [4.69, 9.17) is 27.9 Å². The molecule has 0 bridgehead atoms. The summed E-state index contributed by atoms with van der Waals surface area (Å²) in [7, 11) is 0. The van der Waals surface area contributed by atoms with Crippen molar-refractivity contribution in [3.63, 3.8) is 0 Å². The van der Waals surface area contributed by atoms with E-state index in [1.54, 1.807) is 6.92 Å². The normalized spacial score (nSPS) is 23.2. The van der Waals surface area contributed by atoms with E-state index >= 15 is 0 Å². The van der Waals surface area contributed by atoms with E-state index in [2.05, 4.69) is 24.8 Å². The highest BCUT2D eigenvalue weighted by Gasteiger charge is 2.57. The Morgan fingerprint density at radius 2 is 2.16 bits per heavy atom. The summed E-state index contributed by atoms with van der Waals surface area (Å²) in [6, 6.07) is 0.496. The fourth-order valence-electron chi connectivity index (χ4n) is 3.59. The van der Waals surface area contributed by atoms with Gasteiger partial charge in [0, 0.05) is 29.6 Å². The molecule has 2 aromatic rings. The summed E-state index contributed by atoms with van der Waals surface area (Å²) in [5.74, 6) is 4.18. The number of rotatable bonds is 9. The van der Waals surface area contributed by atoms with Gasteiger partial charge in [0.05, 0.1) is 6.07 Å². The van der Waals surface area contributed by atoms with Gasteiger partial charge in [-0.1, -0.05) is 10.1 Å². The van der Waals surface area contributed by atoms with Crippen LogP contribution in [0.5, 0.6) is 0 Å². The molecule has 19 heteroatoms. The van der Waals surface area contributed by atoms with Crippen LogP contribution in [-0.4, -0.2) is 83.9 Å². The molecule has 0 aliphatic carbocycles. The first-order valence-electron chi connectivity index (χ1n) is 10.7. The molecule has 0 saturated carbocycles. The Morgan fingerprint density at radius 3 is 2.81 bits per heavy atom. The van der Waals surface area contributed by atoms with Crippen molar-refractivity contribution in [1.29, 1.82) is 0 Å². The molecule has 0 radical (unpaired) electrons. The summed E-state index contributed by atoms with van der Waals surface area (Å²) in [5.41, 5.74) is 15.6. The van der Waals surface area contributed by atoms with Crippen LogP contribution in [0.1, 0.15) is 12.7 Å². The number of hydrogen-bond acceptors (Lipinski definition) is 15. The Hall–Kier alpha value is -3.58. The Labute approximate surface area is 222 Å². The summed E-state index contributed by atoms with van der Waals surface area (Å²) >= 11 is 3.20. The summed E-state index contributed by atoms with van der Waals surface area (Å²) < 4.78 is 5.09. The number of oxime groups is 1. The number of carboxylic acids is 1. The smallest absolute Gasteiger partial charge is 0.322 e. The summed E-state index contributed by atoms with van der Waals surface area (Å²) in [4.78, 5) is 52.6. The number of nitrogens with two attached hydrogens (primary N) is 4. The maximum absolute atomic E-state index is 12.9. The van der Waals surface area contributed by atoms with Crippen molar-refractivity contribution in [3.05, 3.63) is 11.9 Å². The number of carbonyl (C=O) groups is 3. The number of anilines is 3. The second-order valence-corrected chi connectivity index (χ2v) is 10.9. The molecule has 3 atom stereocenters. The maximum Gasteiger partial charge on any atom is 0.322 e. The molecule has 16 nitrogen and oxygen atoms in total. The van der Waals surface area contributed by atoms with Crippen molar-refractivity contribution >= 4 is 75.3 Å². The molecular weight excluding hydrogens is 546 g/mol. The van der Waals surface area contributed by atoms with Gasteiger partial charge in [-0.25, -0.2) is 0 Å². The average molecular weight is 571 g/mol. The van der Waals surface area contributed by atoms with E-state index in [-0.39, 0.29) is 58.1 Å². The minimum absolute atomic E-state index is 0.0248. The quantitative estimate of drug-likeness (QED) is 0.0352. The molecule has 2 aliphatic rings. The highest BCUT2D eigenvalue weighted by Crippen LogP contribution is 2.44. The van der Waals surface area contributed by atoms with Gasteiger partial charge in [-0.2, -0.15) is 9.36 Å². The van der Waals surface area contributed by atoms with Gasteiger partial charge in [0.1, 0.15) is 23.4 Å². The summed E-state index contributed by atoms with van der Waals surface area (Å²) in [6.45, 7) is 1.82. The number of nitrogens with one attached hydrogen (secondary N) is 1. The Morgan fingerprint density at radius 1 is 1.41 bits per heavy atom. The minimum Gasteiger partial charge on any atom is -0.481 e. The maximum atomic E-state index is 12.9. The molecule has 2 fully saturated rings. The topological polar surface area (TPSA) is 255 Å². The van der Waals surface area contributed by atoms with Crippen LogP contribution in [0.25, 0.3) is 0 Å². The zero-order valence-corrected chi connectivity index (χ0v) is 21.8. The number of aliphatic carboxylic acids is 1. The van der Waals surface area contributed by atoms with Gasteiger partial charge in [0.25, 0.3) is 5.91 Å². The van der Waals surface area contributed by atoms with Crippen LogP contribution in [0.3, 0.4) is 0 Å². The number of carbonyl (C=O) groups excluding carboxylic acids is 2. The number of fused-ring (bicyclic) bond motifs is 1. The number of thioether (sulfide) groups is 2. The number of hydrogen-bond donors (Lipinski definition) is 6. The largest absolute Gasteiger partial charge is 0.481 e. The number of amides is 2. The lowest BCUT2D eigenvalue weighted by Gasteiger charge is -2.53. The molecule has 2 amide bonds. The zero-order valence-electron chi connectivity index (χ0n) is 19.4. The predicted octanol–water partition coefficient (Wildman–Crippen LogP) is -2.32. The molecular formula is C18H24N11O5S3+. The molecule has 0 aromatic carbocycles. The van der Waals surface area contributed by atoms with Crippen LogP contribution < -0.4 is 33.0 Å². The number of nitrogens with zero attached hydrogens (tertiary/aromatic N) is 6. The minimum atomic E-state index is -1.30. The first-order chi connectivity index (χ1) is 17.6. The monoisotopic (exact) mass is 570 g/mol. The van der Waals surface area contributed by atoms with E-state index in [1.807, 2.05) is 0 Å². The summed E-state index contributed by atoms with van der Waals surface area (Å²) in [6.07, 6.45) is 0. The molecule has 2 unspecified atom stereocenters. The fraction of sp³-hybridized carbons (Fsp3) is 0.444. The van der Waals surface area contributed by atoms with Gasteiger partial charge in [-0.15, -0.1) is 16.4 Å². The van der Waals surface area contributed by atoms with Gasteiger partial charge in [0.15, 0.2) is 5.13 Å². The van der Waals surface area contributed by atoms with Crippen LogP contribution in [0.2, 0.25) is 0 Å². The Bertz CT molecular complexity index is 1270. The lowest BCUT2D eigenvalue weighted by Crippen LogP contribution is -2.74. The van der Waals surface area contributed by atoms with Crippen molar-refractivity contribution < 1.29 is 29.0 Å². The van der Waals surface area contributed by atoms with Crippen LogP contribution in [0.4, 0.5) is 16.8 Å². The van der Waals surface area contributed by atoms with Crippen molar-refractivity contribution in [2.45, 2.75) is 23.5 Å². The lowest BCUT2D eigenvalue weighted by molar-refractivity contribution is -0.667. The number of nitrogen functional groups attached to an aromatic ring is 4. The van der Waals surface area contributed by atoms with Gasteiger partial charge < -0.3 is 37.4 Å². The predicted molar refractivity (Wildman–Crippen MR) is 137 cm³/mol. The van der Waals surface area contributed by atoms with Crippen LogP contribution in [0, 0.1) is 5.41 Å². The lowest BCUT2D eigenvalue weighted by atomic mass is 9.89. The SMILES string of the molecule is CCON=C(C(=O)NC1C(=O)N2CC(CSc3nc(N)cc(N)[n+]3N)(C(=O)O)CS[C@H]12)c1nsc(N)n1. The number of carboxylic acid groups (broad SMARTS) is 1. The first-order valence-corrected chi connectivity index (χ1v) is 13.5. The second-order valence-electron chi connectivity index (χ2n) is 8.07. The molecule has 198 valence electrons. The number of aromatic nitrogens is 4. The third-order valence-electron chi connectivity index (χ3n) is 5.52. The number of β-lactam (4-membered cyclic amide) rings is 1. The van der Waals surface area contributed by atoms with Crippen molar-refractivity contribution in [2.24, 2.45) is 10.6 Å². The highest BCUT2D eigenvalue weighted by molar-refractivity contribution is 8.00. The van der Waals surface area contributed by atoms with Gasteiger partial charge in [-0.3, -0.25) is 20.2 Å². The third kappa shape index (κ3) is 5.14. The van der Waals surface area contributed by atoms with Crippen LogP contribution in [-0.2, 0) is 19.2 Å². The first kappa shape index (κ1) is 26.5. The standard InChI is InChI=1S/C18H23N11O5S3/c1-2-34-26-9(11-25-16(21)37-27-11)12(30)24-10-13(31)28-4-18(15(32)33,5-35-14(10)28)6-36-17-23-7(19)3-8(20)29(17)22/h3,10,14H,2,4-6,22H2,1H3,(H7,19,20,21,24,25,27,30,32,33)/p+1/t10?,14-,18?/m1/s1. The van der Waals surface area contributed by atoms with Crippen molar-refractivity contribution in [3.8, 4) is 0 Å². The van der Waals surface area contributed by atoms with Gasteiger partial charge in [-0.05, 0) is 18.7 Å². The van der Waals surface area contributed by atoms with Crippen molar-refractivity contribution in [2.75, 3.05) is 47.7 Å². The van der Waals surface area contributed by atoms with Crippen LogP contribution >= 0.6 is 35.1 Å². The Balaban J connectivity index is 1.45. The molecule has 10 N–H and O–H groups in total. The molecule has 4 heterocycles. The molecule has 2 aliphatic heterocycles. The molecule has 4 rings (SSSR count). The van der Waals surface area contributed by atoms with Crippen LogP contribution in [0.15, 0.2) is 16.4 Å². The van der Waals surface area contributed by atoms with E-state index in [0.717, 1.165) is 28.0 Å².